The molecule has 0 aliphatic carbocycles. The zero-order valence-corrected chi connectivity index (χ0v) is 11.5. The predicted octanol–water partition coefficient (Wildman–Crippen LogP) is 2.57. The van der Waals surface area contributed by atoms with E-state index in [1.54, 1.807) is 45.0 Å². The van der Waals surface area contributed by atoms with Crippen LogP contribution in [-0.4, -0.2) is 24.0 Å². The number of hydrogen-bond acceptors (Lipinski definition) is 4. The van der Waals surface area contributed by atoms with E-state index < -0.39 is 11.7 Å². The summed E-state index contributed by atoms with van der Waals surface area (Å²) in [5.74, 6) is -0.00804. The van der Waals surface area contributed by atoms with Crippen molar-refractivity contribution in [2.75, 3.05) is 11.9 Å². The van der Waals surface area contributed by atoms with Gasteiger partial charge in [0, 0.05) is 17.7 Å². The Morgan fingerprint density at radius 2 is 1.79 bits per heavy atom. The van der Waals surface area contributed by atoms with Crippen LogP contribution in [0.4, 0.5) is 10.5 Å². The smallest absolute Gasteiger partial charge is 0.412 e. The third-order valence-corrected chi connectivity index (χ3v) is 2.22. The highest BCUT2D eigenvalue weighted by Gasteiger charge is 2.16. The molecule has 0 unspecified atom stereocenters. The van der Waals surface area contributed by atoms with E-state index >= 15 is 0 Å². The second-order valence-corrected chi connectivity index (χ2v) is 5.17. The Morgan fingerprint density at radius 1 is 1.21 bits per heavy atom. The van der Waals surface area contributed by atoms with Gasteiger partial charge in [0.1, 0.15) is 5.60 Å². The molecule has 19 heavy (non-hydrogen) atoms. The third kappa shape index (κ3) is 5.52. The maximum Gasteiger partial charge on any atom is 0.412 e. The summed E-state index contributed by atoms with van der Waals surface area (Å²) in [5, 5.41) is 2.60. The number of carbonyl (C=O) groups excluding carboxylic acids is 2. The van der Waals surface area contributed by atoms with Crippen LogP contribution in [0.3, 0.4) is 0 Å². The molecule has 104 valence electrons. The first-order valence-electron chi connectivity index (χ1n) is 6.15. The monoisotopic (exact) mass is 264 g/mol. The lowest BCUT2D eigenvalue weighted by Gasteiger charge is -2.19. The minimum atomic E-state index is -0.541. The van der Waals surface area contributed by atoms with Crippen molar-refractivity contribution in [1.82, 2.24) is 0 Å². The Hall–Kier alpha value is -1.88. The van der Waals surface area contributed by atoms with Gasteiger partial charge < -0.3 is 10.5 Å². The van der Waals surface area contributed by atoms with E-state index in [4.69, 9.17) is 10.5 Å². The minimum Gasteiger partial charge on any atom is -0.444 e. The Kier molecular flexibility index (Phi) is 5.06. The lowest BCUT2D eigenvalue weighted by Crippen LogP contribution is -2.27. The molecule has 0 aliphatic rings. The van der Waals surface area contributed by atoms with Crippen molar-refractivity contribution in [2.45, 2.75) is 32.8 Å². The van der Waals surface area contributed by atoms with E-state index in [2.05, 4.69) is 5.32 Å². The van der Waals surface area contributed by atoms with Crippen LogP contribution < -0.4 is 11.1 Å². The summed E-state index contributed by atoms with van der Waals surface area (Å²) in [6.45, 7) is 5.71. The molecular weight excluding hydrogens is 244 g/mol. The van der Waals surface area contributed by atoms with Gasteiger partial charge in [-0.3, -0.25) is 10.1 Å². The quantitative estimate of drug-likeness (QED) is 0.819. The Balaban J connectivity index is 2.62. The van der Waals surface area contributed by atoms with Gasteiger partial charge in [0.15, 0.2) is 5.78 Å². The van der Waals surface area contributed by atoms with Crippen LogP contribution >= 0.6 is 0 Å². The molecule has 0 atom stereocenters. The van der Waals surface area contributed by atoms with Crippen LogP contribution in [-0.2, 0) is 4.74 Å². The number of ketones is 1. The van der Waals surface area contributed by atoms with Crippen LogP contribution in [0, 0.1) is 0 Å². The summed E-state index contributed by atoms with van der Waals surface area (Å²) in [7, 11) is 0. The number of ether oxygens (including phenoxy) is 1. The number of benzene rings is 1. The number of anilines is 1. The second kappa shape index (κ2) is 6.33. The summed E-state index contributed by atoms with van der Waals surface area (Å²) < 4.78 is 5.12. The molecule has 0 aromatic heterocycles. The zero-order chi connectivity index (χ0) is 14.5. The van der Waals surface area contributed by atoms with Crippen molar-refractivity contribution in [3.63, 3.8) is 0 Å². The molecule has 1 aromatic carbocycles. The molecule has 1 rings (SSSR count). The van der Waals surface area contributed by atoms with Gasteiger partial charge in [-0.25, -0.2) is 4.79 Å². The highest BCUT2D eigenvalue weighted by atomic mass is 16.6. The first-order valence-corrected chi connectivity index (χ1v) is 6.15. The highest BCUT2D eigenvalue weighted by Crippen LogP contribution is 2.13. The Morgan fingerprint density at radius 3 is 2.26 bits per heavy atom. The number of rotatable bonds is 4. The normalized spacial score (nSPS) is 10.9. The average molecular weight is 264 g/mol. The zero-order valence-electron chi connectivity index (χ0n) is 11.5. The molecule has 0 aliphatic heterocycles. The van der Waals surface area contributed by atoms with Crippen LogP contribution in [0.25, 0.3) is 0 Å². The Bertz CT molecular complexity index is 447. The molecule has 1 aromatic rings. The number of nitrogens with two attached hydrogens (primary N) is 1. The molecule has 0 saturated carbocycles. The molecule has 3 N–H and O–H groups in total. The predicted molar refractivity (Wildman–Crippen MR) is 74.3 cm³/mol. The van der Waals surface area contributed by atoms with Gasteiger partial charge >= 0.3 is 6.09 Å². The molecule has 5 heteroatoms. The van der Waals surface area contributed by atoms with Gasteiger partial charge in [0.25, 0.3) is 0 Å². The van der Waals surface area contributed by atoms with Crippen LogP contribution in [0.1, 0.15) is 37.6 Å². The summed E-state index contributed by atoms with van der Waals surface area (Å²) >= 11 is 0. The fraction of sp³-hybridized carbons (Fsp3) is 0.429. The molecule has 0 bridgehead atoms. The maximum absolute atomic E-state index is 11.6. The summed E-state index contributed by atoms with van der Waals surface area (Å²) in [4.78, 5) is 23.1. The van der Waals surface area contributed by atoms with Crippen LogP contribution in [0.2, 0.25) is 0 Å². The summed E-state index contributed by atoms with van der Waals surface area (Å²) in [6, 6.07) is 6.64. The minimum absolute atomic E-state index is 0.00804. The van der Waals surface area contributed by atoms with Crippen molar-refractivity contribution in [2.24, 2.45) is 5.73 Å². The van der Waals surface area contributed by atoms with Gasteiger partial charge in [-0.15, -0.1) is 0 Å². The molecule has 0 radical (unpaired) electrons. The lowest BCUT2D eigenvalue weighted by molar-refractivity contribution is 0.0636. The number of carbonyl (C=O) groups is 2. The topological polar surface area (TPSA) is 81.4 Å². The molecular formula is C14H20N2O3. The summed E-state index contributed by atoms with van der Waals surface area (Å²) in [6.07, 6.45) is -0.202. The van der Waals surface area contributed by atoms with E-state index in [1.807, 2.05) is 0 Å². The van der Waals surface area contributed by atoms with Crippen LogP contribution in [0.15, 0.2) is 24.3 Å². The van der Waals surface area contributed by atoms with Gasteiger partial charge in [0.2, 0.25) is 0 Å². The number of Topliss-reactive ketones (excluding diaryl/α,β-unsaturated/α-hetero) is 1. The largest absolute Gasteiger partial charge is 0.444 e. The van der Waals surface area contributed by atoms with Crippen molar-refractivity contribution in [1.29, 1.82) is 0 Å². The lowest BCUT2D eigenvalue weighted by atomic mass is 10.1. The molecule has 0 fully saturated rings. The first-order chi connectivity index (χ1) is 8.81. The molecule has 0 saturated heterocycles. The third-order valence-electron chi connectivity index (χ3n) is 2.22. The van der Waals surface area contributed by atoms with E-state index in [9.17, 15) is 9.59 Å². The van der Waals surface area contributed by atoms with E-state index in [0.717, 1.165) is 0 Å². The van der Waals surface area contributed by atoms with Crippen LogP contribution in [0.5, 0.6) is 0 Å². The number of amides is 1. The molecule has 0 spiro atoms. The summed E-state index contributed by atoms with van der Waals surface area (Å²) in [5.41, 5.74) is 5.95. The standard InChI is InChI=1S/C14H20N2O3/c1-14(2,3)19-13(18)16-11-6-4-10(5-7-11)12(17)8-9-15/h4-7H,8-9,15H2,1-3H3,(H,16,18). The van der Waals surface area contributed by atoms with Gasteiger partial charge in [-0.1, -0.05) is 0 Å². The SMILES string of the molecule is CC(C)(C)OC(=O)Nc1ccc(C(=O)CCN)cc1. The van der Waals surface area contributed by atoms with Crippen molar-refractivity contribution >= 4 is 17.6 Å². The molecule has 1 amide bonds. The average Bonchev–Trinajstić information content (AvgIpc) is 2.27. The number of nitrogens with one attached hydrogen (secondary N) is 1. The molecule has 5 nitrogen and oxygen atoms in total. The fourth-order valence-electron chi connectivity index (χ4n) is 1.44. The van der Waals surface area contributed by atoms with Gasteiger partial charge in [-0.05, 0) is 51.6 Å². The number of hydrogen-bond donors (Lipinski definition) is 2. The second-order valence-electron chi connectivity index (χ2n) is 5.17. The van der Waals surface area contributed by atoms with E-state index in [0.29, 0.717) is 24.2 Å². The molecule has 0 heterocycles. The van der Waals surface area contributed by atoms with Gasteiger partial charge in [-0.2, -0.15) is 0 Å². The maximum atomic E-state index is 11.6. The Labute approximate surface area is 113 Å². The first kappa shape index (κ1) is 15.2. The van der Waals surface area contributed by atoms with Gasteiger partial charge in [0.05, 0.1) is 0 Å². The fourth-order valence-corrected chi connectivity index (χ4v) is 1.44. The van der Waals surface area contributed by atoms with Crippen molar-refractivity contribution in [3.05, 3.63) is 29.8 Å². The van der Waals surface area contributed by atoms with E-state index in [1.165, 1.54) is 0 Å². The van der Waals surface area contributed by atoms with E-state index in [-0.39, 0.29) is 5.78 Å². The highest BCUT2D eigenvalue weighted by molar-refractivity contribution is 5.96. The van der Waals surface area contributed by atoms with Crippen molar-refractivity contribution in [3.8, 4) is 0 Å². The van der Waals surface area contributed by atoms with Crippen molar-refractivity contribution < 1.29 is 14.3 Å².